The van der Waals surface area contributed by atoms with Crippen molar-refractivity contribution in [2.75, 3.05) is 26.3 Å². The van der Waals surface area contributed by atoms with Crippen molar-refractivity contribution in [1.82, 2.24) is 4.90 Å². The van der Waals surface area contributed by atoms with Crippen LogP contribution in [0.4, 0.5) is 0 Å². The van der Waals surface area contributed by atoms with Crippen molar-refractivity contribution in [3.05, 3.63) is 54.1 Å². The molecule has 1 aliphatic rings. The second-order valence-electron chi connectivity index (χ2n) is 6.07. The molecule has 5 nitrogen and oxygen atoms in total. The van der Waals surface area contributed by atoms with E-state index in [2.05, 4.69) is 11.8 Å². The number of amides is 1. The molecule has 1 saturated heterocycles. The lowest BCUT2D eigenvalue weighted by Crippen LogP contribution is -2.56. The number of hydrogen-bond acceptors (Lipinski definition) is 4. The van der Waals surface area contributed by atoms with Crippen molar-refractivity contribution < 1.29 is 19.7 Å². The molecule has 0 unspecified atom stereocenters. The van der Waals surface area contributed by atoms with Crippen molar-refractivity contribution in [3.8, 4) is 28.7 Å². The van der Waals surface area contributed by atoms with Gasteiger partial charge in [0.15, 0.2) is 0 Å². The molecular weight excluding hydrogens is 330 g/mol. The molecule has 1 fully saturated rings. The fourth-order valence-corrected chi connectivity index (χ4v) is 2.70. The fourth-order valence-electron chi connectivity index (χ4n) is 2.70. The summed E-state index contributed by atoms with van der Waals surface area (Å²) in [5, 5.41) is 17.5. The number of benzene rings is 2. The van der Waals surface area contributed by atoms with Gasteiger partial charge in [0, 0.05) is 12.0 Å². The zero-order valence-electron chi connectivity index (χ0n) is 14.4. The van der Waals surface area contributed by atoms with Gasteiger partial charge < -0.3 is 19.8 Å². The number of aliphatic hydroxyl groups excluding tert-OH is 2. The number of hydrogen-bond donors (Lipinski definition) is 2. The van der Waals surface area contributed by atoms with E-state index in [-0.39, 0.29) is 18.6 Å². The molecule has 1 amide bonds. The lowest BCUT2D eigenvalue weighted by atomic mass is 10.0. The molecule has 0 aromatic heterocycles. The molecule has 0 radical (unpaired) electrons. The summed E-state index contributed by atoms with van der Waals surface area (Å²) in [6.07, 6.45) is 0.462. The van der Waals surface area contributed by atoms with E-state index in [4.69, 9.17) is 14.9 Å². The first-order chi connectivity index (χ1) is 12.7. The van der Waals surface area contributed by atoms with Crippen LogP contribution in [-0.2, 0) is 4.79 Å². The molecule has 0 aliphatic carbocycles. The predicted octanol–water partition coefficient (Wildman–Crippen LogP) is 1.67. The number of nitrogens with zero attached hydrogens (tertiary/aromatic N) is 1. The summed E-state index contributed by atoms with van der Waals surface area (Å²) in [5.41, 5.74) is 3.10. The SMILES string of the molecule is O=C(CO)N1CC(Oc2ccc(-c3ccc(C#CCCO)cc3)cc2)C1. The van der Waals surface area contributed by atoms with Crippen molar-refractivity contribution >= 4 is 5.91 Å². The molecule has 26 heavy (non-hydrogen) atoms. The van der Waals surface area contributed by atoms with E-state index < -0.39 is 6.61 Å². The number of aliphatic hydroxyl groups is 2. The van der Waals surface area contributed by atoms with Crippen LogP contribution in [-0.4, -0.2) is 53.4 Å². The van der Waals surface area contributed by atoms with Crippen LogP contribution in [0.3, 0.4) is 0 Å². The first-order valence-electron chi connectivity index (χ1n) is 8.55. The Morgan fingerprint density at radius 2 is 1.65 bits per heavy atom. The Labute approximate surface area is 152 Å². The monoisotopic (exact) mass is 351 g/mol. The van der Waals surface area contributed by atoms with E-state index >= 15 is 0 Å². The molecular formula is C21H21NO4. The highest BCUT2D eigenvalue weighted by Gasteiger charge is 2.31. The van der Waals surface area contributed by atoms with Gasteiger partial charge in [0.05, 0.1) is 19.7 Å². The maximum Gasteiger partial charge on any atom is 0.248 e. The van der Waals surface area contributed by atoms with Gasteiger partial charge in [-0.3, -0.25) is 4.79 Å². The Kier molecular flexibility index (Phi) is 5.90. The Bertz CT molecular complexity index is 797. The summed E-state index contributed by atoms with van der Waals surface area (Å²) in [7, 11) is 0. The summed E-state index contributed by atoms with van der Waals surface area (Å²) in [5.74, 6) is 6.42. The van der Waals surface area contributed by atoms with Crippen molar-refractivity contribution in [1.29, 1.82) is 0 Å². The third kappa shape index (κ3) is 4.42. The topological polar surface area (TPSA) is 70.0 Å². The minimum atomic E-state index is -0.451. The molecule has 5 heteroatoms. The van der Waals surface area contributed by atoms with Gasteiger partial charge in [-0.05, 0) is 35.4 Å². The average molecular weight is 351 g/mol. The van der Waals surface area contributed by atoms with Crippen LogP contribution in [0.2, 0.25) is 0 Å². The lowest BCUT2D eigenvalue weighted by molar-refractivity contribution is -0.142. The molecule has 1 heterocycles. The maximum absolute atomic E-state index is 11.3. The number of carbonyl (C=O) groups excluding carboxylic acids is 1. The van der Waals surface area contributed by atoms with Crippen LogP contribution >= 0.6 is 0 Å². The highest BCUT2D eigenvalue weighted by Crippen LogP contribution is 2.24. The maximum atomic E-state index is 11.3. The standard InChI is InChI=1S/C21H21NO4/c23-12-2-1-3-16-4-6-17(7-5-16)18-8-10-19(11-9-18)26-20-13-22(14-20)21(25)15-24/h4-11,20,23-24H,2,12-15H2. The van der Waals surface area contributed by atoms with E-state index in [1.165, 1.54) is 0 Å². The quantitative estimate of drug-likeness (QED) is 0.804. The van der Waals surface area contributed by atoms with Gasteiger partial charge in [-0.25, -0.2) is 0 Å². The third-order valence-electron chi connectivity index (χ3n) is 4.18. The number of carbonyl (C=O) groups is 1. The van der Waals surface area contributed by atoms with Gasteiger partial charge in [-0.2, -0.15) is 0 Å². The fraction of sp³-hybridized carbons (Fsp3) is 0.286. The second-order valence-corrected chi connectivity index (χ2v) is 6.07. The van der Waals surface area contributed by atoms with E-state index in [0.29, 0.717) is 19.5 Å². The molecule has 0 saturated carbocycles. The summed E-state index contributed by atoms with van der Waals surface area (Å²) in [4.78, 5) is 12.9. The highest BCUT2D eigenvalue weighted by atomic mass is 16.5. The molecule has 2 N–H and O–H groups in total. The van der Waals surface area contributed by atoms with Gasteiger partial charge >= 0.3 is 0 Å². The molecule has 1 aliphatic heterocycles. The second kappa shape index (κ2) is 8.52. The van der Waals surface area contributed by atoms with Crippen LogP contribution in [0.15, 0.2) is 48.5 Å². The Hall–Kier alpha value is -2.81. The van der Waals surface area contributed by atoms with E-state index in [1.54, 1.807) is 4.90 Å². The van der Waals surface area contributed by atoms with Crippen LogP contribution < -0.4 is 4.74 Å². The minimum absolute atomic E-state index is 0.0203. The van der Waals surface area contributed by atoms with E-state index in [0.717, 1.165) is 22.4 Å². The third-order valence-corrected chi connectivity index (χ3v) is 4.18. The summed E-state index contributed by atoms with van der Waals surface area (Å²) >= 11 is 0. The molecule has 3 rings (SSSR count). The minimum Gasteiger partial charge on any atom is -0.487 e. The number of likely N-dealkylation sites (tertiary alicyclic amines) is 1. The van der Waals surface area contributed by atoms with Crippen molar-refractivity contribution in [2.24, 2.45) is 0 Å². The predicted molar refractivity (Wildman–Crippen MR) is 98.5 cm³/mol. The molecule has 0 spiro atoms. The zero-order chi connectivity index (χ0) is 18.4. The van der Waals surface area contributed by atoms with Crippen molar-refractivity contribution in [2.45, 2.75) is 12.5 Å². The number of ether oxygens (including phenoxy) is 1. The Balaban J connectivity index is 1.56. The molecule has 134 valence electrons. The smallest absolute Gasteiger partial charge is 0.248 e. The van der Waals surface area contributed by atoms with Gasteiger partial charge in [0.25, 0.3) is 0 Å². The van der Waals surface area contributed by atoms with Gasteiger partial charge in [0.2, 0.25) is 5.91 Å². The highest BCUT2D eigenvalue weighted by molar-refractivity contribution is 5.78. The van der Waals surface area contributed by atoms with E-state index in [1.807, 2.05) is 48.5 Å². The van der Waals surface area contributed by atoms with Crippen LogP contribution in [0, 0.1) is 11.8 Å². The first kappa shape index (κ1) is 18.0. The molecule has 0 atom stereocenters. The zero-order valence-corrected chi connectivity index (χ0v) is 14.4. The van der Waals surface area contributed by atoms with Crippen LogP contribution in [0.1, 0.15) is 12.0 Å². The van der Waals surface area contributed by atoms with Gasteiger partial charge in [-0.1, -0.05) is 36.1 Å². The average Bonchev–Trinajstić information content (AvgIpc) is 2.65. The molecule has 2 aromatic rings. The van der Waals surface area contributed by atoms with Crippen LogP contribution in [0.5, 0.6) is 5.75 Å². The summed E-state index contributed by atoms with van der Waals surface area (Å²) in [6.45, 7) is 0.656. The largest absolute Gasteiger partial charge is 0.487 e. The summed E-state index contributed by atoms with van der Waals surface area (Å²) < 4.78 is 5.83. The first-order valence-corrected chi connectivity index (χ1v) is 8.55. The van der Waals surface area contributed by atoms with Crippen molar-refractivity contribution in [3.63, 3.8) is 0 Å². The normalized spacial score (nSPS) is 13.5. The van der Waals surface area contributed by atoms with Gasteiger partial charge in [-0.15, -0.1) is 0 Å². The van der Waals surface area contributed by atoms with E-state index in [9.17, 15) is 4.79 Å². The Morgan fingerprint density at radius 1 is 1.04 bits per heavy atom. The number of rotatable bonds is 5. The van der Waals surface area contributed by atoms with Crippen LogP contribution in [0.25, 0.3) is 11.1 Å². The lowest BCUT2D eigenvalue weighted by Gasteiger charge is -2.38. The summed E-state index contributed by atoms with van der Waals surface area (Å²) in [6, 6.07) is 15.8. The Morgan fingerprint density at radius 3 is 2.23 bits per heavy atom. The molecule has 0 bridgehead atoms. The molecule has 2 aromatic carbocycles. The van der Waals surface area contributed by atoms with Gasteiger partial charge in [0.1, 0.15) is 18.5 Å².